The fraction of sp³-hybridized carbons (Fsp3) is 0.286. The number of nitrogens with one attached hydrogen (secondary N) is 1. The van der Waals surface area contributed by atoms with Crippen molar-refractivity contribution in [2.75, 3.05) is 12.4 Å². The Hall–Kier alpha value is -3.15. The molecule has 3 aromatic rings. The molecule has 4 rings (SSSR count). The van der Waals surface area contributed by atoms with Crippen molar-refractivity contribution in [1.29, 1.82) is 0 Å². The quantitative estimate of drug-likeness (QED) is 0.745. The van der Waals surface area contributed by atoms with Gasteiger partial charge in [-0.15, -0.1) is 5.10 Å². The van der Waals surface area contributed by atoms with Crippen LogP contribution >= 0.6 is 0 Å². The molecule has 6 heteroatoms. The van der Waals surface area contributed by atoms with Crippen molar-refractivity contribution >= 4 is 11.6 Å². The van der Waals surface area contributed by atoms with E-state index in [1.165, 1.54) is 5.56 Å². The summed E-state index contributed by atoms with van der Waals surface area (Å²) < 4.78 is 6.97. The molecule has 1 aliphatic carbocycles. The van der Waals surface area contributed by atoms with Crippen molar-refractivity contribution in [2.24, 2.45) is 5.92 Å². The number of nitrogens with zero attached hydrogens (tertiary/aromatic N) is 3. The Balaban J connectivity index is 1.61. The Morgan fingerprint density at radius 2 is 1.81 bits per heavy atom. The van der Waals surface area contributed by atoms with E-state index in [1.54, 1.807) is 11.8 Å². The molecule has 1 fully saturated rings. The van der Waals surface area contributed by atoms with Gasteiger partial charge >= 0.3 is 6.01 Å². The summed E-state index contributed by atoms with van der Waals surface area (Å²) in [5.74, 6) is 0.979. The highest BCUT2D eigenvalue weighted by atomic mass is 16.5. The molecular formula is C21H22N4O2. The Labute approximate surface area is 158 Å². The number of amides is 1. The van der Waals surface area contributed by atoms with Crippen LogP contribution in [0.25, 0.3) is 17.1 Å². The van der Waals surface area contributed by atoms with E-state index >= 15 is 0 Å². The monoisotopic (exact) mass is 362 g/mol. The first kappa shape index (κ1) is 17.3. The Morgan fingerprint density at radius 3 is 2.41 bits per heavy atom. The van der Waals surface area contributed by atoms with Crippen molar-refractivity contribution < 1.29 is 9.53 Å². The second-order valence-corrected chi connectivity index (χ2v) is 6.86. The maximum absolute atomic E-state index is 12.1. The van der Waals surface area contributed by atoms with Gasteiger partial charge in [0.1, 0.15) is 0 Å². The minimum Gasteiger partial charge on any atom is -0.466 e. The summed E-state index contributed by atoms with van der Waals surface area (Å²) in [5.41, 5.74) is 3.78. The number of benzene rings is 2. The summed E-state index contributed by atoms with van der Waals surface area (Å²) in [6.45, 7) is 2.05. The molecule has 27 heavy (non-hydrogen) atoms. The van der Waals surface area contributed by atoms with Gasteiger partial charge in [-0.25, -0.2) is 4.68 Å². The van der Waals surface area contributed by atoms with Crippen LogP contribution < -0.4 is 10.1 Å². The molecule has 0 atom stereocenters. The van der Waals surface area contributed by atoms with Crippen molar-refractivity contribution in [3.63, 3.8) is 0 Å². The molecule has 0 aliphatic heterocycles. The summed E-state index contributed by atoms with van der Waals surface area (Å²) in [6, 6.07) is 16.0. The van der Waals surface area contributed by atoms with E-state index in [2.05, 4.69) is 15.4 Å². The van der Waals surface area contributed by atoms with Gasteiger partial charge in [0.05, 0.1) is 12.8 Å². The van der Waals surface area contributed by atoms with Crippen molar-refractivity contribution in [3.8, 4) is 23.1 Å². The zero-order valence-corrected chi connectivity index (χ0v) is 15.5. The van der Waals surface area contributed by atoms with Crippen LogP contribution in [0.1, 0.15) is 24.8 Å². The molecule has 1 aliphatic rings. The Bertz CT molecular complexity index is 941. The van der Waals surface area contributed by atoms with Gasteiger partial charge in [-0.2, -0.15) is 4.98 Å². The molecule has 0 bridgehead atoms. The third-order valence-electron chi connectivity index (χ3n) is 4.94. The van der Waals surface area contributed by atoms with Crippen LogP contribution in [-0.4, -0.2) is 27.8 Å². The zero-order valence-electron chi connectivity index (χ0n) is 15.5. The summed E-state index contributed by atoms with van der Waals surface area (Å²) in [7, 11) is 1.55. The third kappa shape index (κ3) is 3.56. The first-order chi connectivity index (χ1) is 13.1. The van der Waals surface area contributed by atoms with Gasteiger partial charge in [-0.05, 0) is 44.0 Å². The molecule has 0 unspecified atom stereocenters. The molecule has 0 spiro atoms. The second-order valence-electron chi connectivity index (χ2n) is 6.86. The second kappa shape index (κ2) is 7.23. The maximum atomic E-state index is 12.1. The zero-order chi connectivity index (χ0) is 18.8. The number of aromatic nitrogens is 3. The fourth-order valence-corrected chi connectivity index (χ4v) is 3.05. The number of ether oxygens (including phenoxy) is 1. The van der Waals surface area contributed by atoms with Crippen LogP contribution in [0, 0.1) is 12.8 Å². The van der Waals surface area contributed by atoms with Gasteiger partial charge < -0.3 is 10.1 Å². The topological polar surface area (TPSA) is 69.0 Å². The molecule has 0 saturated heterocycles. The van der Waals surface area contributed by atoms with Crippen molar-refractivity contribution in [1.82, 2.24) is 14.8 Å². The predicted octanol–water partition coefficient (Wildman–Crippen LogP) is 3.99. The van der Waals surface area contributed by atoms with Gasteiger partial charge in [-0.1, -0.05) is 36.2 Å². The van der Waals surface area contributed by atoms with Gasteiger partial charge in [0.25, 0.3) is 0 Å². The largest absolute Gasteiger partial charge is 0.466 e. The highest BCUT2D eigenvalue weighted by Crippen LogP contribution is 2.28. The Morgan fingerprint density at radius 1 is 1.11 bits per heavy atom. The normalized spacial score (nSPS) is 13.9. The molecule has 1 amide bonds. The van der Waals surface area contributed by atoms with E-state index in [0.717, 1.165) is 36.2 Å². The molecule has 2 aromatic carbocycles. The number of carbonyl (C=O) groups is 1. The van der Waals surface area contributed by atoms with E-state index in [0.29, 0.717) is 11.8 Å². The first-order valence-corrected chi connectivity index (χ1v) is 9.13. The molecule has 1 aromatic heterocycles. The number of hydrogen-bond donors (Lipinski definition) is 1. The average molecular weight is 362 g/mol. The molecule has 1 N–H and O–H groups in total. The minimum absolute atomic E-state index is 0.108. The third-order valence-corrected chi connectivity index (χ3v) is 4.94. The molecule has 1 saturated carbocycles. The van der Waals surface area contributed by atoms with E-state index in [1.807, 2.05) is 55.5 Å². The molecule has 138 valence electrons. The lowest BCUT2D eigenvalue weighted by atomic mass is 9.85. The smallest absolute Gasteiger partial charge is 0.336 e. The van der Waals surface area contributed by atoms with Gasteiger partial charge in [0, 0.05) is 17.2 Å². The van der Waals surface area contributed by atoms with E-state index in [9.17, 15) is 4.79 Å². The highest BCUT2D eigenvalue weighted by Gasteiger charge is 2.25. The van der Waals surface area contributed by atoms with Crippen molar-refractivity contribution in [3.05, 3.63) is 54.1 Å². The van der Waals surface area contributed by atoms with Crippen molar-refractivity contribution in [2.45, 2.75) is 26.2 Å². The van der Waals surface area contributed by atoms with E-state index < -0.39 is 0 Å². The fourth-order valence-electron chi connectivity index (χ4n) is 3.05. The first-order valence-electron chi connectivity index (χ1n) is 9.13. The van der Waals surface area contributed by atoms with Crippen LogP contribution in [0.4, 0.5) is 5.69 Å². The summed E-state index contributed by atoms with van der Waals surface area (Å²) in [5, 5.41) is 7.42. The molecule has 0 radical (unpaired) electrons. The van der Waals surface area contributed by atoms with Gasteiger partial charge in [0.15, 0.2) is 5.82 Å². The van der Waals surface area contributed by atoms with E-state index in [4.69, 9.17) is 4.74 Å². The summed E-state index contributed by atoms with van der Waals surface area (Å²) in [6.07, 6.45) is 3.12. The number of methoxy groups -OCH3 is 1. The van der Waals surface area contributed by atoms with Gasteiger partial charge in [-0.3, -0.25) is 4.79 Å². The van der Waals surface area contributed by atoms with Crippen LogP contribution in [0.3, 0.4) is 0 Å². The van der Waals surface area contributed by atoms with Crippen LogP contribution in [-0.2, 0) is 4.79 Å². The number of aryl methyl sites for hydroxylation is 1. The SMILES string of the molecule is COc1nc(-c2ccc(C)cc2)n(-c2ccc(NC(=O)C3CCC3)cc2)n1. The predicted molar refractivity (Wildman–Crippen MR) is 104 cm³/mol. The van der Waals surface area contributed by atoms with Crippen LogP contribution in [0.5, 0.6) is 6.01 Å². The lowest BCUT2D eigenvalue weighted by Crippen LogP contribution is -2.27. The molecular weight excluding hydrogens is 340 g/mol. The number of hydrogen-bond acceptors (Lipinski definition) is 4. The lowest BCUT2D eigenvalue weighted by Gasteiger charge is -2.24. The van der Waals surface area contributed by atoms with Crippen LogP contribution in [0.15, 0.2) is 48.5 Å². The maximum Gasteiger partial charge on any atom is 0.336 e. The average Bonchev–Trinajstić information content (AvgIpc) is 3.06. The molecule has 6 nitrogen and oxygen atoms in total. The number of anilines is 1. The standard InChI is InChI=1S/C21H22N4O2/c1-14-6-8-15(9-7-14)19-23-21(27-2)24-25(19)18-12-10-17(11-13-18)22-20(26)16-4-3-5-16/h6-13,16H,3-5H2,1-2H3,(H,22,26). The number of carbonyl (C=O) groups excluding carboxylic acids is 1. The highest BCUT2D eigenvalue weighted by molar-refractivity contribution is 5.93. The molecule has 1 heterocycles. The lowest BCUT2D eigenvalue weighted by molar-refractivity contribution is -0.122. The summed E-state index contributed by atoms with van der Waals surface area (Å²) in [4.78, 5) is 16.6. The van der Waals surface area contributed by atoms with Crippen LogP contribution in [0.2, 0.25) is 0 Å². The van der Waals surface area contributed by atoms with Gasteiger partial charge in [0.2, 0.25) is 5.91 Å². The minimum atomic E-state index is 0.108. The summed E-state index contributed by atoms with van der Waals surface area (Å²) >= 11 is 0. The Kier molecular flexibility index (Phi) is 4.62. The van der Waals surface area contributed by atoms with E-state index in [-0.39, 0.29) is 11.8 Å². The number of rotatable bonds is 5.